The van der Waals surface area contributed by atoms with Crippen LogP contribution in [-0.2, 0) is 4.57 Å². The topological polar surface area (TPSA) is 57.5 Å². The molecule has 0 aliphatic heterocycles. The van der Waals surface area contributed by atoms with Crippen LogP contribution in [0, 0.1) is 0 Å². The Kier molecular flexibility index (Phi) is 3.87. The van der Waals surface area contributed by atoms with Gasteiger partial charge in [0, 0.05) is 5.31 Å². The van der Waals surface area contributed by atoms with Crippen molar-refractivity contribution in [3.05, 3.63) is 11.4 Å². The molecule has 0 bridgehead atoms. The first-order valence-electron chi connectivity index (χ1n) is 3.27. The summed E-state index contributed by atoms with van der Waals surface area (Å²) >= 11 is 0. The van der Waals surface area contributed by atoms with E-state index >= 15 is 0 Å². The molecule has 0 aromatic rings. The molecule has 0 saturated carbocycles. The molecule has 0 atom stereocenters. The second-order valence-electron chi connectivity index (χ2n) is 2.00. The fraction of sp³-hybridized carbons (Fsp3) is 0.667. The highest BCUT2D eigenvalue weighted by atomic mass is 31.2. The quantitative estimate of drug-likeness (QED) is 0.626. The van der Waals surface area contributed by atoms with Gasteiger partial charge in [0.1, 0.15) is 0 Å². The Hall–Kier alpha value is -0.110. The van der Waals surface area contributed by atoms with Gasteiger partial charge >= 0.3 is 7.60 Å². The molecule has 0 rings (SSSR count). The Morgan fingerprint density at radius 2 is 2.00 bits per heavy atom. The van der Waals surface area contributed by atoms with Crippen LogP contribution in [-0.4, -0.2) is 9.79 Å². The van der Waals surface area contributed by atoms with Gasteiger partial charge in [-0.2, -0.15) is 0 Å². The first-order chi connectivity index (χ1) is 4.52. The summed E-state index contributed by atoms with van der Waals surface area (Å²) < 4.78 is 10.6. The predicted molar refractivity (Wildman–Crippen MR) is 40.7 cm³/mol. The van der Waals surface area contributed by atoms with E-state index < -0.39 is 7.60 Å². The molecule has 0 radical (unpaired) electrons. The highest BCUT2D eigenvalue weighted by Gasteiger charge is 2.17. The molecular formula is C6H13O3P. The molecule has 0 aromatic heterocycles. The van der Waals surface area contributed by atoms with E-state index in [1.54, 1.807) is 13.0 Å². The van der Waals surface area contributed by atoms with Gasteiger partial charge in [0.05, 0.1) is 0 Å². The van der Waals surface area contributed by atoms with Crippen LogP contribution in [0.15, 0.2) is 11.4 Å². The second-order valence-corrected chi connectivity index (χ2v) is 3.66. The van der Waals surface area contributed by atoms with E-state index in [0.29, 0.717) is 12.8 Å². The molecule has 0 aliphatic carbocycles. The van der Waals surface area contributed by atoms with Crippen molar-refractivity contribution in [1.29, 1.82) is 0 Å². The summed E-state index contributed by atoms with van der Waals surface area (Å²) in [7, 11) is -3.93. The highest BCUT2D eigenvalue weighted by molar-refractivity contribution is 7.56. The molecule has 0 aliphatic rings. The Labute approximate surface area is 60.9 Å². The van der Waals surface area contributed by atoms with Gasteiger partial charge in [0.25, 0.3) is 0 Å². The summed E-state index contributed by atoms with van der Waals surface area (Å²) in [6.45, 7) is 3.59. The van der Waals surface area contributed by atoms with Gasteiger partial charge in [0.15, 0.2) is 0 Å². The van der Waals surface area contributed by atoms with E-state index in [1.807, 2.05) is 6.92 Å². The van der Waals surface area contributed by atoms with E-state index in [2.05, 4.69) is 0 Å². The molecule has 0 unspecified atom stereocenters. The SMILES string of the molecule is CC/C=C(\CC)P(=O)(O)O. The van der Waals surface area contributed by atoms with E-state index in [4.69, 9.17) is 9.79 Å². The van der Waals surface area contributed by atoms with Gasteiger partial charge < -0.3 is 9.79 Å². The van der Waals surface area contributed by atoms with Gasteiger partial charge in [-0.1, -0.05) is 19.9 Å². The monoisotopic (exact) mass is 164 g/mol. The molecule has 10 heavy (non-hydrogen) atoms. The number of hydrogen-bond acceptors (Lipinski definition) is 1. The Morgan fingerprint density at radius 3 is 2.10 bits per heavy atom. The van der Waals surface area contributed by atoms with Crippen molar-refractivity contribution in [2.45, 2.75) is 26.7 Å². The predicted octanol–water partition coefficient (Wildman–Crippen LogP) is 1.87. The maximum Gasteiger partial charge on any atom is 0.351 e. The molecule has 0 aromatic carbocycles. The van der Waals surface area contributed by atoms with E-state index in [9.17, 15) is 4.57 Å². The summed E-state index contributed by atoms with van der Waals surface area (Å²) in [5.41, 5.74) is 0. The van der Waals surface area contributed by atoms with Crippen molar-refractivity contribution in [3.8, 4) is 0 Å². The zero-order valence-corrected chi connectivity index (χ0v) is 7.14. The van der Waals surface area contributed by atoms with Crippen LogP contribution in [0.5, 0.6) is 0 Å². The molecule has 60 valence electrons. The van der Waals surface area contributed by atoms with E-state index in [1.165, 1.54) is 0 Å². The average Bonchev–Trinajstić information content (AvgIpc) is 1.80. The number of hydrogen-bond donors (Lipinski definition) is 2. The van der Waals surface area contributed by atoms with Crippen LogP contribution >= 0.6 is 7.60 Å². The Morgan fingerprint density at radius 1 is 1.50 bits per heavy atom. The molecular weight excluding hydrogens is 151 g/mol. The zero-order valence-electron chi connectivity index (χ0n) is 6.24. The van der Waals surface area contributed by atoms with Crippen molar-refractivity contribution in [3.63, 3.8) is 0 Å². The van der Waals surface area contributed by atoms with Gasteiger partial charge in [-0.15, -0.1) is 0 Å². The van der Waals surface area contributed by atoms with Crippen LogP contribution in [0.1, 0.15) is 26.7 Å². The smallest absolute Gasteiger partial charge is 0.321 e. The van der Waals surface area contributed by atoms with Crippen molar-refractivity contribution in [2.24, 2.45) is 0 Å². The van der Waals surface area contributed by atoms with Crippen molar-refractivity contribution in [1.82, 2.24) is 0 Å². The van der Waals surface area contributed by atoms with Crippen LogP contribution < -0.4 is 0 Å². The molecule has 0 fully saturated rings. The van der Waals surface area contributed by atoms with E-state index in [-0.39, 0.29) is 5.31 Å². The molecule has 4 heteroatoms. The lowest BCUT2D eigenvalue weighted by atomic mass is 10.3. The van der Waals surface area contributed by atoms with Gasteiger partial charge in [-0.25, -0.2) is 0 Å². The largest absolute Gasteiger partial charge is 0.351 e. The lowest BCUT2D eigenvalue weighted by Crippen LogP contribution is -1.83. The summed E-state index contributed by atoms with van der Waals surface area (Å²) in [5.74, 6) is 0. The molecule has 0 amide bonds. The first kappa shape index (κ1) is 9.89. The number of allylic oxidation sites excluding steroid dienone is 2. The third-order valence-corrected chi connectivity index (χ3v) is 2.42. The molecule has 0 saturated heterocycles. The van der Waals surface area contributed by atoms with E-state index in [0.717, 1.165) is 0 Å². The standard InChI is InChI=1S/C6H13O3P/c1-3-5-6(4-2)10(7,8)9/h5H,3-4H2,1-2H3,(H2,7,8,9)/b6-5+. The minimum Gasteiger partial charge on any atom is -0.321 e. The van der Waals surface area contributed by atoms with Gasteiger partial charge in [-0.3, -0.25) is 4.57 Å². The molecule has 3 nitrogen and oxygen atoms in total. The minimum atomic E-state index is -3.93. The second kappa shape index (κ2) is 3.91. The molecule has 0 heterocycles. The molecule has 0 spiro atoms. The normalized spacial score (nSPS) is 13.8. The zero-order chi connectivity index (χ0) is 8.20. The van der Waals surface area contributed by atoms with Crippen molar-refractivity contribution < 1.29 is 14.4 Å². The lowest BCUT2D eigenvalue weighted by Gasteiger charge is -2.04. The lowest BCUT2D eigenvalue weighted by molar-refractivity contribution is 0.380. The van der Waals surface area contributed by atoms with Crippen molar-refractivity contribution >= 4 is 7.60 Å². The maximum atomic E-state index is 10.6. The number of rotatable bonds is 3. The first-order valence-corrected chi connectivity index (χ1v) is 4.88. The van der Waals surface area contributed by atoms with Gasteiger partial charge in [0.2, 0.25) is 0 Å². The summed E-state index contributed by atoms with van der Waals surface area (Å²) in [5, 5.41) is 0.245. The summed E-state index contributed by atoms with van der Waals surface area (Å²) in [4.78, 5) is 17.3. The highest BCUT2D eigenvalue weighted by Crippen LogP contribution is 2.46. The van der Waals surface area contributed by atoms with Crippen LogP contribution in [0.2, 0.25) is 0 Å². The van der Waals surface area contributed by atoms with Crippen LogP contribution in [0.3, 0.4) is 0 Å². The summed E-state index contributed by atoms with van der Waals surface area (Å²) in [6.07, 6.45) is 2.69. The minimum absolute atomic E-state index is 0.245. The summed E-state index contributed by atoms with van der Waals surface area (Å²) in [6, 6.07) is 0. The van der Waals surface area contributed by atoms with Gasteiger partial charge in [-0.05, 0) is 12.8 Å². The maximum absolute atomic E-state index is 10.6. The third-order valence-electron chi connectivity index (χ3n) is 1.18. The van der Waals surface area contributed by atoms with Crippen LogP contribution in [0.4, 0.5) is 0 Å². The fourth-order valence-electron chi connectivity index (χ4n) is 0.705. The fourth-order valence-corrected chi connectivity index (χ4v) is 1.54. The average molecular weight is 164 g/mol. The molecule has 2 N–H and O–H groups in total. The van der Waals surface area contributed by atoms with Crippen molar-refractivity contribution in [2.75, 3.05) is 0 Å². The van der Waals surface area contributed by atoms with Crippen LogP contribution in [0.25, 0.3) is 0 Å². The third kappa shape index (κ3) is 3.16. The Bertz CT molecular complexity index is 168. The Balaban J connectivity index is 4.37.